The Balaban J connectivity index is 1.41. The highest BCUT2D eigenvalue weighted by molar-refractivity contribution is 5.78. The summed E-state index contributed by atoms with van der Waals surface area (Å²) in [5.74, 6) is 0.444. The van der Waals surface area contributed by atoms with Crippen molar-refractivity contribution in [1.29, 1.82) is 0 Å². The summed E-state index contributed by atoms with van der Waals surface area (Å²) in [6.45, 7) is -0.0840. The van der Waals surface area contributed by atoms with Crippen molar-refractivity contribution in [3.8, 4) is 17.4 Å². The molecule has 0 unspecified atom stereocenters. The molecule has 1 aliphatic carbocycles. The van der Waals surface area contributed by atoms with Crippen LogP contribution in [0.25, 0.3) is 0 Å². The van der Waals surface area contributed by atoms with E-state index < -0.39 is 5.97 Å². The molecular formula is C20H22N2O5. The third-order valence-electron chi connectivity index (χ3n) is 4.50. The summed E-state index contributed by atoms with van der Waals surface area (Å²) in [5, 5.41) is 11.9. The van der Waals surface area contributed by atoms with Crippen LogP contribution in [0.15, 0.2) is 48.7 Å². The summed E-state index contributed by atoms with van der Waals surface area (Å²) in [6.07, 6.45) is 4.21. The SMILES string of the molecule is O=C(COc1ccc(Oc2ccccn2)cc1)NC1CCC(C(=O)O)CC1. The highest BCUT2D eigenvalue weighted by Crippen LogP contribution is 2.25. The maximum Gasteiger partial charge on any atom is 0.306 e. The number of carboxylic acids is 1. The first-order valence-corrected chi connectivity index (χ1v) is 8.94. The molecule has 0 saturated heterocycles. The minimum absolute atomic E-state index is 0.0193. The minimum Gasteiger partial charge on any atom is -0.484 e. The molecule has 0 aliphatic heterocycles. The molecule has 0 atom stereocenters. The lowest BCUT2D eigenvalue weighted by atomic mass is 9.86. The predicted octanol–water partition coefficient (Wildman–Crippen LogP) is 3.01. The van der Waals surface area contributed by atoms with Crippen molar-refractivity contribution in [2.45, 2.75) is 31.7 Å². The van der Waals surface area contributed by atoms with Crippen LogP contribution >= 0.6 is 0 Å². The number of carboxylic acid groups (broad SMARTS) is 1. The minimum atomic E-state index is -0.751. The van der Waals surface area contributed by atoms with Gasteiger partial charge in [0.1, 0.15) is 11.5 Å². The first-order chi connectivity index (χ1) is 13.1. The van der Waals surface area contributed by atoms with Gasteiger partial charge in [0.2, 0.25) is 5.88 Å². The molecule has 1 aromatic heterocycles. The number of aliphatic carboxylic acids is 1. The second-order valence-electron chi connectivity index (χ2n) is 6.48. The van der Waals surface area contributed by atoms with E-state index in [1.807, 2.05) is 12.1 Å². The Morgan fingerprint density at radius 1 is 1.04 bits per heavy atom. The van der Waals surface area contributed by atoms with E-state index >= 15 is 0 Å². The first kappa shape index (κ1) is 18.7. The van der Waals surface area contributed by atoms with Gasteiger partial charge in [-0.05, 0) is 56.0 Å². The van der Waals surface area contributed by atoms with Crippen LogP contribution in [0.5, 0.6) is 17.4 Å². The van der Waals surface area contributed by atoms with Crippen molar-refractivity contribution in [2.75, 3.05) is 6.61 Å². The molecule has 7 nitrogen and oxygen atoms in total. The summed E-state index contributed by atoms with van der Waals surface area (Å²) >= 11 is 0. The van der Waals surface area contributed by atoms with Gasteiger partial charge in [-0.15, -0.1) is 0 Å². The van der Waals surface area contributed by atoms with Crippen LogP contribution in [-0.2, 0) is 9.59 Å². The van der Waals surface area contributed by atoms with E-state index in [1.165, 1.54) is 0 Å². The topological polar surface area (TPSA) is 97.8 Å². The van der Waals surface area contributed by atoms with E-state index in [9.17, 15) is 9.59 Å². The number of hydrogen-bond acceptors (Lipinski definition) is 5. The molecule has 3 rings (SSSR count). The van der Waals surface area contributed by atoms with Crippen molar-refractivity contribution in [1.82, 2.24) is 10.3 Å². The van der Waals surface area contributed by atoms with Crippen LogP contribution in [0, 0.1) is 5.92 Å². The molecule has 7 heteroatoms. The lowest BCUT2D eigenvalue weighted by molar-refractivity contribution is -0.142. The third-order valence-corrected chi connectivity index (χ3v) is 4.50. The van der Waals surface area contributed by atoms with Crippen LogP contribution in [0.3, 0.4) is 0 Å². The number of nitrogens with one attached hydrogen (secondary N) is 1. The van der Waals surface area contributed by atoms with E-state index in [4.69, 9.17) is 14.6 Å². The maximum atomic E-state index is 12.0. The number of nitrogens with zero attached hydrogens (tertiary/aromatic N) is 1. The van der Waals surface area contributed by atoms with E-state index in [0.29, 0.717) is 43.1 Å². The summed E-state index contributed by atoms with van der Waals surface area (Å²) in [4.78, 5) is 27.1. The van der Waals surface area contributed by atoms with Gasteiger partial charge in [-0.25, -0.2) is 4.98 Å². The number of rotatable bonds is 7. The molecule has 0 radical (unpaired) electrons. The number of carbonyl (C=O) groups is 2. The summed E-state index contributed by atoms with van der Waals surface area (Å²) < 4.78 is 11.1. The molecule has 2 aromatic rings. The average Bonchev–Trinajstić information content (AvgIpc) is 2.69. The van der Waals surface area contributed by atoms with Gasteiger partial charge >= 0.3 is 5.97 Å². The summed E-state index contributed by atoms with van der Waals surface area (Å²) in [5.41, 5.74) is 0. The zero-order chi connectivity index (χ0) is 19.1. The fourth-order valence-electron chi connectivity index (χ4n) is 3.04. The van der Waals surface area contributed by atoms with Crippen molar-refractivity contribution >= 4 is 11.9 Å². The molecule has 0 spiro atoms. The van der Waals surface area contributed by atoms with Gasteiger partial charge in [0.05, 0.1) is 5.92 Å². The average molecular weight is 370 g/mol. The van der Waals surface area contributed by atoms with Gasteiger partial charge in [0.25, 0.3) is 5.91 Å². The molecular weight excluding hydrogens is 348 g/mol. The molecule has 1 saturated carbocycles. The van der Waals surface area contributed by atoms with Crippen molar-refractivity contribution in [3.63, 3.8) is 0 Å². The highest BCUT2D eigenvalue weighted by Gasteiger charge is 2.26. The van der Waals surface area contributed by atoms with Crippen LogP contribution < -0.4 is 14.8 Å². The number of carbonyl (C=O) groups excluding carboxylic acids is 1. The zero-order valence-electron chi connectivity index (χ0n) is 14.8. The smallest absolute Gasteiger partial charge is 0.306 e. The van der Waals surface area contributed by atoms with Crippen molar-refractivity contribution < 1.29 is 24.2 Å². The van der Waals surface area contributed by atoms with Crippen molar-refractivity contribution in [2.24, 2.45) is 5.92 Å². The molecule has 1 amide bonds. The van der Waals surface area contributed by atoms with Gasteiger partial charge < -0.3 is 19.9 Å². The van der Waals surface area contributed by atoms with Crippen LogP contribution in [-0.4, -0.2) is 34.6 Å². The monoisotopic (exact) mass is 370 g/mol. The maximum absolute atomic E-state index is 12.0. The second-order valence-corrected chi connectivity index (χ2v) is 6.48. The van der Waals surface area contributed by atoms with Gasteiger partial charge in [0.15, 0.2) is 6.61 Å². The third kappa shape index (κ3) is 5.70. The fourth-order valence-corrected chi connectivity index (χ4v) is 3.04. The fraction of sp³-hybridized carbons (Fsp3) is 0.350. The molecule has 142 valence electrons. The highest BCUT2D eigenvalue weighted by atomic mass is 16.5. The quantitative estimate of drug-likeness (QED) is 0.777. The molecule has 1 aromatic carbocycles. The van der Waals surface area contributed by atoms with Gasteiger partial charge in [-0.1, -0.05) is 6.07 Å². The lowest BCUT2D eigenvalue weighted by Gasteiger charge is -2.26. The van der Waals surface area contributed by atoms with Gasteiger partial charge in [0, 0.05) is 18.3 Å². The first-order valence-electron chi connectivity index (χ1n) is 8.94. The normalized spacial score (nSPS) is 19.1. The number of ether oxygens (including phenoxy) is 2. The Hall–Kier alpha value is -3.09. The Morgan fingerprint density at radius 2 is 1.74 bits per heavy atom. The largest absolute Gasteiger partial charge is 0.484 e. The second kappa shape index (κ2) is 9.02. The number of benzene rings is 1. The molecule has 1 heterocycles. The predicted molar refractivity (Wildman–Crippen MR) is 97.8 cm³/mol. The van der Waals surface area contributed by atoms with Crippen molar-refractivity contribution in [3.05, 3.63) is 48.7 Å². The molecule has 1 fully saturated rings. The Kier molecular flexibility index (Phi) is 6.25. The number of amides is 1. The van der Waals surface area contributed by atoms with Gasteiger partial charge in [-0.2, -0.15) is 0 Å². The summed E-state index contributed by atoms with van der Waals surface area (Å²) in [7, 11) is 0. The lowest BCUT2D eigenvalue weighted by Crippen LogP contribution is -2.40. The van der Waals surface area contributed by atoms with Crippen LogP contribution in [0.1, 0.15) is 25.7 Å². The van der Waals surface area contributed by atoms with Gasteiger partial charge in [-0.3, -0.25) is 9.59 Å². The van der Waals surface area contributed by atoms with E-state index in [2.05, 4.69) is 10.3 Å². The number of hydrogen-bond donors (Lipinski definition) is 2. The Labute approximate surface area is 157 Å². The van der Waals surface area contributed by atoms with Crippen LogP contribution in [0.2, 0.25) is 0 Å². The molecule has 0 bridgehead atoms. The summed E-state index contributed by atoms with van der Waals surface area (Å²) in [6, 6.07) is 12.4. The number of pyridine rings is 1. The molecule has 27 heavy (non-hydrogen) atoms. The molecule has 1 aliphatic rings. The van der Waals surface area contributed by atoms with Crippen LogP contribution in [0.4, 0.5) is 0 Å². The zero-order valence-corrected chi connectivity index (χ0v) is 14.8. The van der Waals surface area contributed by atoms with E-state index in [1.54, 1.807) is 36.5 Å². The molecule has 2 N–H and O–H groups in total. The Bertz CT molecular complexity index is 756. The van der Waals surface area contributed by atoms with E-state index in [0.717, 1.165) is 0 Å². The Morgan fingerprint density at radius 3 is 2.37 bits per heavy atom. The van der Waals surface area contributed by atoms with E-state index in [-0.39, 0.29) is 24.5 Å². The number of aromatic nitrogens is 1. The standard InChI is InChI=1S/C20H22N2O5/c23-18(22-15-6-4-14(5-7-15)20(24)25)13-26-16-8-10-17(11-9-16)27-19-3-1-2-12-21-19/h1-3,8-12,14-15H,4-7,13H2,(H,22,23)(H,24,25).